The number of methoxy groups -OCH3 is 1. The minimum Gasteiger partial charge on any atom is -0.497 e. The van der Waals surface area contributed by atoms with Crippen molar-refractivity contribution >= 4 is 218 Å². The van der Waals surface area contributed by atoms with Gasteiger partial charge in [-0.05, 0) is 346 Å². The SMILES string of the molecule is COc1ccc(C(=O)Nc2ccc3nc(-c4ccc(NC(=O)c5ccc(Cl)cc5)cc4)[nH]c3c2)cc1.O=C(Nc1ccc(-c2nc3ccc(NC(=O)c4cc(Cl)cc(Cl)c4)cc3[nH]2)cc1)c1ccc(Cl)cc1.O=C(Nc1ccc(-c2nc3ccc(NC(=O)c4ccc(Cl)cc4)cc3[nH]2)cc1)c1ccc(Cl)cc1.O=C(Nc1ccc(-c2nc3ccc(NC(=O)c4cccnc4)cc3[nH]2)cc1)c1ccc(Cl)cc1. The maximum absolute atomic E-state index is 12.6. The molecule has 0 atom stereocenters. The number of pyridine rings is 1. The van der Waals surface area contributed by atoms with Crippen LogP contribution >= 0.6 is 81.2 Å². The van der Waals surface area contributed by atoms with Gasteiger partial charge in [0, 0.05) is 154 Å². The van der Waals surface area contributed by atoms with Gasteiger partial charge in [0.05, 0.1) is 56.8 Å². The number of rotatable bonds is 21. The first-order chi connectivity index (χ1) is 68.3. The molecule has 0 unspecified atom stereocenters. The van der Waals surface area contributed by atoms with E-state index < -0.39 is 0 Å². The molecule has 15 aromatic carbocycles. The van der Waals surface area contributed by atoms with Gasteiger partial charge in [-0.15, -0.1) is 0 Å². The lowest BCUT2D eigenvalue weighted by atomic mass is 10.1. The Kier molecular flexibility index (Phi) is 29.8. The summed E-state index contributed by atoms with van der Waals surface area (Å²) in [6.07, 6.45) is 3.14. The number of aromatic amines is 4. The number of aromatic nitrogens is 9. The second-order valence-corrected chi connectivity index (χ2v) is 34.4. The normalized spacial score (nSPS) is 10.8. The molecule has 0 fully saturated rings. The van der Waals surface area contributed by atoms with Crippen LogP contribution in [-0.4, -0.2) is 99.2 Å². The molecule has 26 nitrogen and oxygen atoms in total. The summed E-state index contributed by atoms with van der Waals surface area (Å²) in [5.74, 6) is 1.52. The van der Waals surface area contributed by atoms with E-state index in [-0.39, 0.29) is 47.3 Å². The molecule has 12 N–H and O–H groups in total. The molecule has 0 aliphatic rings. The molecule has 5 heterocycles. The zero-order valence-electron chi connectivity index (χ0n) is 73.6. The van der Waals surface area contributed by atoms with Crippen molar-refractivity contribution in [3.8, 4) is 51.3 Å². The summed E-state index contributed by atoms with van der Waals surface area (Å²) in [5.41, 5.74) is 18.8. The number of carbonyl (C=O) groups is 8. The molecule has 20 aromatic rings. The smallest absolute Gasteiger partial charge is 0.257 e. The Labute approximate surface area is 838 Å². The fourth-order valence-electron chi connectivity index (χ4n) is 14.3. The average Bonchev–Trinajstić information content (AvgIpc) is 1.67. The van der Waals surface area contributed by atoms with Crippen LogP contribution in [0.15, 0.2) is 358 Å². The van der Waals surface area contributed by atoms with E-state index in [1.54, 1.807) is 226 Å². The Morgan fingerprint density at radius 1 is 0.227 bits per heavy atom. The monoisotopic (exact) mass is 2000 g/mol. The summed E-state index contributed by atoms with van der Waals surface area (Å²) in [4.78, 5) is 135. The van der Waals surface area contributed by atoms with Gasteiger partial charge in [0.15, 0.2) is 0 Å². The van der Waals surface area contributed by atoms with Gasteiger partial charge in [-0.2, -0.15) is 0 Å². The zero-order valence-corrected chi connectivity index (χ0v) is 78.9. The molecule has 8 amide bonds. The second-order valence-electron chi connectivity index (χ2n) is 31.4. The molecule has 694 valence electrons. The van der Waals surface area contributed by atoms with E-state index in [0.717, 1.165) is 66.4 Å². The first-order valence-corrected chi connectivity index (χ1v) is 45.7. The van der Waals surface area contributed by atoms with Crippen LogP contribution in [0, 0.1) is 0 Å². The summed E-state index contributed by atoms with van der Waals surface area (Å²) < 4.78 is 5.13. The quantitative estimate of drug-likeness (QED) is 0.0318. The molecule has 0 aliphatic heterocycles. The number of H-pyrrole nitrogens is 4. The number of anilines is 8. The summed E-state index contributed by atoms with van der Waals surface area (Å²) in [6, 6.07) is 99.8. The predicted octanol–water partition coefficient (Wildman–Crippen LogP) is 26.9. The highest BCUT2D eigenvalue weighted by Crippen LogP contribution is 2.33. The largest absolute Gasteiger partial charge is 0.497 e. The van der Waals surface area contributed by atoms with E-state index in [0.29, 0.717) is 154 Å². The van der Waals surface area contributed by atoms with Gasteiger partial charge in [-0.1, -0.05) is 81.2 Å². The maximum atomic E-state index is 12.6. The lowest BCUT2D eigenvalue weighted by Gasteiger charge is -2.06. The van der Waals surface area contributed by atoms with Crippen LogP contribution in [-0.2, 0) is 0 Å². The number of carbonyl (C=O) groups excluding carboxylic acids is 8. The lowest BCUT2D eigenvalue weighted by Crippen LogP contribution is -2.11. The molecule has 0 aliphatic carbocycles. The molecule has 20 rings (SSSR count). The number of amides is 8. The number of imidazole rings is 4. The topological polar surface area (TPSA) is 370 Å². The number of hydrogen-bond donors (Lipinski definition) is 12. The van der Waals surface area contributed by atoms with Crippen molar-refractivity contribution in [2.75, 3.05) is 49.6 Å². The Morgan fingerprint density at radius 2 is 0.447 bits per heavy atom. The highest BCUT2D eigenvalue weighted by molar-refractivity contribution is 6.36. The van der Waals surface area contributed by atoms with Crippen molar-refractivity contribution in [1.82, 2.24) is 44.9 Å². The molecular weight excluding hydrogens is 1930 g/mol. The fraction of sp³-hybridized carbons (Fsp3) is 0.00926. The van der Waals surface area contributed by atoms with E-state index in [1.807, 2.05) is 133 Å². The number of ether oxygens (including phenoxy) is 1. The standard InChI is InChI=1S/C28H21ClN4O3.C27H17Cl3N4O2.C27H18Cl2N4O2.C26H18ClN5O2/c1-36-23-13-6-19(7-14-23)28(35)31-22-12-15-24-25(16-22)33-26(32-24)17-4-10-21(11-5-17)30-27(34)18-2-8-20(29)9-3-18;28-18-5-1-16(2-6-18)26(35)31-21-7-3-15(4-8-21)25-33-23-10-9-22(14-24(23)34-25)32-27(36)17-11-19(29)13-20(30)12-17;28-19-7-1-17(2-8-19)26(34)30-21-11-5-16(6-12-21)25-32-23-14-13-22(15-24(23)33-25)31-27(35)18-3-9-20(29)10-4-18;27-19-7-3-17(4-8-19)25(33)29-20-9-5-16(6-10-20)24-31-22-12-11-21(14-23(22)32-24)30-26(34)18-2-1-13-28-15-18/h2-16H,1H3,(H,30,34)(H,31,35)(H,32,33);1-14H,(H,31,35)(H,32,36)(H,33,34);1-15H,(H,30,34)(H,31,35)(H,32,33);1-15H,(H,29,33)(H,30,34)(H,31,32). The minimum absolute atomic E-state index is 0.214. The third kappa shape index (κ3) is 24.9. The van der Waals surface area contributed by atoms with Crippen LogP contribution in [0.2, 0.25) is 35.2 Å². The average molecular weight is 2000 g/mol. The Hall–Kier alpha value is -17.1. The van der Waals surface area contributed by atoms with Crippen molar-refractivity contribution in [3.05, 3.63) is 438 Å². The van der Waals surface area contributed by atoms with Crippen molar-refractivity contribution in [3.63, 3.8) is 0 Å². The molecule has 0 radical (unpaired) electrons. The third-order valence-electron chi connectivity index (χ3n) is 21.6. The Bertz CT molecular complexity index is 8020. The van der Waals surface area contributed by atoms with Crippen LogP contribution in [0.5, 0.6) is 5.75 Å². The van der Waals surface area contributed by atoms with Gasteiger partial charge in [0.25, 0.3) is 47.3 Å². The highest BCUT2D eigenvalue weighted by Gasteiger charge is 2.20. The van der Waals surface area contributed by atoms with Crippen LogP contribution < -0.4 is 47.3 Å². The summed E-state index contributed by atoms with van der Waals surface area (Å²) in [6.45, 7) is 0. The van der Waals surface area contributed by atoms with Gasteiger partial charge in [0.2, 0.25) is 0 Å². The number of halogens is 7. The first kappa shape index (κ1) is 95.6. The van der Waals surface area contributed by atoms with Crippen LogP contribution in [0.25, 0.3) is 89.7 Å². The van der Waals surface area contributed by atoms with Crippen LogP contribution in [0.4, 0.5) is 45.5 Å². The van der Waals surface area contributed by atoms with Crippen molar-refractivity contribution in [2.24, 2.45) is 0 Å². The van der Waals surface area contributed by atoms with Gasteiger partial charge in [-0.3, -0.25) is 43.3 Å². The van der Waals surface area contributed by atoms with Gasteiger partial charge < -0.3 is 67.2 Å². The first-order valence-electron chi connectivity index (χ1n) is 43.0. The van der Waals surface area contributed by atoms with Crippen LogP contribution in [0.1, 0.15) is 82.9 Å². The molecule has 5 aromatic heterocycles. The summed E-state index contributed by atoms with van der Waals surface area (Å²) >= 11 is 41.4. The summed E-state index contributed by atoms with van der Waals surface area (Å²) in [5, 5.41) is 26.6. The van der Waals surface area contributed by atoms with Crippen molar-refractivity contribution in [1.29, 1.82) is 0 Å². The number of fused-ring (bicyclic) bond motifs is 4. The highest BCUT2D eigenvalue weighted by atomic mass is 35.5. The maximum Gasteiger partial charge on any atom is 0.257 e. The number of hydrogen-bond acceptors (Lipinski definition) is 14. The Balaban J connectivity index is 0.000000130. The molecule has 0 bridgehead atoms. The molecule has 141 heavy (non-hydrogen) atoms. The van der Waals surface area contributed by atoms with Crippen molar-refractivity contribution < 1.29 is 43.1 Å². The third-order valence-corrected chi connectivity index (χ3v) is 23.3. The van der Waals surface area contributed by atoms with E-state index in [4.69, 9.17) is 85.9 Å². The predicted molar refractivity (Wildman–Crippen MR) is 561 cm³/mol. The van der Waals surface area contributed by atoms with Gasteiger partial charge in [-0.25, -0.2) is 19.9 Å². The van der Waals surface area contributed by atoms with E-state index in [9.17, 15) is 38.4 Å². The Morgan fingerprint density at radius 3 is 0.681 bits per heavy atom. The van der Waals surface area contributed by atoms with E-state index in [1.165, 1.54) is 6.20 Å². The zero-order chi connectivity index (χ0) is 98.2. The number of nitrogens with one attached hydrogen (secondary N) is 12. The lowest BCUT2D eigenvalue weighted by molar-refractivity contribution is 0.101. The molecule has 0 saturated heterocycles. The number of nitrogens with zero attached hydrogens (tertiary/aromatic N) is 5. The second kappa shape index (κ2) is 43.9. The fourth-order valence-corrected chi connectivity index (χ4v) is 15.5. The molecule has 0 spiro atoms. The molecular formula is C108H74Cl7N17O9. The van der Waals surface area contributed by atoms with Crippen molar-refractivity contribution in [2.45, 2.75) is 0 Å². The van der Waals surface area contributed by atoms with Crippen LogP contribution in [0.3, 0.4) is 0 Å². The molecule has 33 heteroatoms. The minimum atomic E-state index is -0.324. The van der Waals surface area contributed by atoms with E-state index >= 15 is 0 Å². The summed E-state index contributed by atoms with van der Waals surface area (Å²) in [7, 11) is 1.58. The number of benzene rings is 15. The van der Waals surface area contributed by atoms with Gasteiger partial charge in [0.1, 0.15) is 29.0 Å². The van der Waals surface area contributed by atoms with Gasteiger partial charge >= 0.3 is 0 Å². The van der Waals surface area contributed by atoms with E-state index in [2.05, 4.69) is 87.4 Å². The molecule has 0 saturated carbocycles.